The van der Waals surface area contributed by atoms with E-state index in [1.165, 1.54) is 18.3 Å². The largest absolute Gasteiger partial charge is 0.468 e. The molecule has 2 aromatic rings. The molecule has 0 fully saturated rings. The lowest BCUT2D eigenvalue weighted by Gasteiger charge is -2.13. The normalized spacial score (nSPS) is 12.1. The minimum Gasteiger partial charge on any atom is -0.468 e. The van der Waals surface area contributed by atoms with Crippen LogP contribution in [-0.2, 0) is 0 Å². The highest BCUT2D eigenvalue weighted by Gasteiger charge is 2.10. The molecule has 2 N–H and O–H groups in total. The van der Waals surface area contributed by atoms with Crippen molar-refractivity contribution in [2.45, 2.75) is 13.0 Å². The standard InChI is InChI=1S/C11H11FN4O/c1-7(8-5-6-14-11(13)15-8)17-10-4-2-3-9(12)16-10/h2-7H,1H3,(H2,13,14,15). The second-order valence-electron chi connectivity index (χ2n) is 3.40. The van der Waals surface area contributed by atoms with Crippen molar-refractivity contribution in [3.63, 3.8) is 0 Å². The van der Waals surface area contributed by atoms with Crippen LogP contribution >= 0.6 is 0 Å². The van der Waals surface area contributed by atoms with Crippen LogP contribution in [0.3, 0.4) is 0 Å². The van der Waals surface area contributed by atoms with Gasteiger partial charge in [0.05, 0.1) is 5.69 Å². The summed E-state index contributed by atoms with van der Waals surface area (Å²) in [6, 6.07) is 6.03. The number of nitrogens with zero attached hydrogens (tertiary/aromatic N) is 3. The molecule has 6 heteroatoms. The molecule has 17 heavy (non-hydrogen) atoms. The van der Waals surface area contributed by atoms with Crippen LogP contribution in [0, 0.1) is 5.95 Å². The predicted octanol–water partition coefficient (Wildman–Crippen LogP) is 1.73. The minimum absolute atomic E-state index is 0.171. The quantitative estimate of drug-likeness (QED) is 0.818. The summed E-state index contributed by atoms with van der Waals surface area (Å²) in [6.07, 6.45) is 1.16. The summed E-state index contributed by atoms with van der Waals surface area (Å²) in [6.45, 7) is 1.77. The van der Waals surface area contributed by atoms with Gasteiger partial charge >= 0.3 is 0 Å². The summed E-state index contributed by atoms with van der Waals surface area (Å²) in [4.78, 5) is 11.4. The highest BCUT2D eigenvalue weighted by Crippen LogP contribution is 2.18. The van der Waals surface area contributed by atoms with E-state index in [4.69, 9.17) is 10.5 Å². The second kappa shape index (κ2) is 4.73. The van der Waals surface area contributed by atoms with E-state index in [1.54, 1.807) is 19.1 Å². The molecule has 0 saturated heterocycles. The number of aromatic nitrogens is 3. The Bertz CT molecular complexity index is 520. The van der Waals surface area contributed by atoms with Gasteiger partial charge in [0.1, 0.15) is 6.10 Å². The van der Waals surface area contributed by atoms with E-state index in [-0.39, 0.29) is 17.9 Å². The molecule has 0 aliphatic carbocycles. The molecule has 0 aliphatic rings. The van der Waals surface area contributed by atoms with Crippen molar-refractivity contribution < 1.29 is 9.13 Å². The molecule has 0 bridgehead atoms. The van der Waals surface area contributed by atoms with Crippen LogP contribution in [0.2, 0.25) is 0 Å². The number of pyridine rings is 1. The van der Waals surface area contributed by atoms with E-state index < -0.39 is 5.95 Å². The number of hydrogen-bond acceptors (Lipinski definition) is 5. The van der Waals surface area contributed by atoms with Gasteiger partial charge in [-0.15, -0.1) is 0 Å². The molecule has 2 heterocycles. The molecule has 0 amide bonds. The lowest BCUT2D eigenvalue weighted by atomic mass is 10.3. The van der Waals surface area contributed by atoms with E-state index in [0.29, 0.717) is 5.69 Å². The van der Waals surface area contributed by atoms with E-state index >= 15 is 0 Å². The Morgan fingerprint density at radius 2 is 2.12 bits per heavy atom. The Labute approximate surface area is 97.5 Å². The van der Waals surface area contributed by atoms with Crippen molar-refractivity contribution in [2.75, 3.05) is 5.73 Å². The Hall–Kier alpha value is -2.24. The van der Waals surface area contributed by atoms with Crippen molar-refractivity contribution in [2.24, 2.45) is 0 Å². The van der Waals surface area contributed by atoms with E-state index in [1.807, 2.05) is 0 Å². The molecular weight excluding hydrogens is 223 g/mol. The molecule has 2 rings (SSSR count). The number of halogens is 1. The van der Waals surface area contributed by atoms with Gasteiger partial charge in [-0.2, -0.15) is 9.37 Å². The molecule has 0 saturated carbocycles. The summed E-state index contributed by atoms with van der Waals surface area (Å²) < 4.78 is 18.3. The van der Waals surface area contributed by atoms with Crippen LogP contribution in [0.1, 0.15) is 18.7 Å². The molecule has 2 aromatic heterocycles. The zero-order valence-electron chi connectivity index (χ0n) is 9.17. The molecule has 5 nitrogen and oxygen atoms in total. The number of hydrogen-bond donors (Lipinski definition) is 1. The molecule has 0 radical (unpaired) electrons. The Morgan fingerprint density at radius 3 is 2.82 bits per heavy atom. The minimum atomic E-state index is -0.586. The molecule has 0 aromatic carbocycles. The molecule has 1 unspecified atom stereocenters. The van der Waals surface area contributed by atoms with Crippen LogP contribution < -0.4 is 10.5 Å². The highest BCUT2D eigenvalue weighted by atomic mass is 19.1. The lowest BCUT2D eigenvalue weighted by molar-refractivity contribution is 0.210. The maximum absolute atomic E-state index is 12.8. The monoisotopic (exact) mass is 234 g/mol. The Kier molecular flexibility index (Phi) is 3.13. The first-order chi connectivity index (χ1) is 8.15. The van der Waals surface area contributed by atoms with Gasteiger partial charge in [0.2, 0.25) is 17.8 Å². The summed E-state index contributed by atoms with van der Waals surface area (Å²) in [5.74, 6) is -0.211. The smallest absolute Gasteiger partial charge is 0.220 e. The third-order valence-corrected chi connectivity index (χ3v) is 2.10. The number of nitrogens with two attached hydrogens (primary N) is 1. The topological polar surface area (TPSA) is 73.9 Å². The van der Waals surface area contributed by atoms with Gasteiger partial charge in [0.15, 0.2) is 0 Å². The van der Waals surface area contributed by atoms with Crippen molar-refractivity contribution in [1.82, 2.24) is 15.0 Å². The Balaban J connectivity index is 2.14. The summed E-state index contributed by atoms with van der Waals surface area (Å²) >= 11 is 0. The zero-order chi connectivity index (χ0) is 12.3. The van der Waals surface area contributed by atoms with Gasteiger partial charge in [-0.25, -0.2) is 9.97 Å². The SMILES string of the molecule is CC(Oc1cccc(F)n1)c1ccnc(N)n1. The summed E-state index contributed by atoms with van der Waals surface area (Å²) in [5, 5.41) is 0. The molecule has 1 atom stereocenters. The molecule has 0 spiro atoms. The fourth-order valence-electron chi connectivity index (χ4n) is 1.31. The number of nitrogen functional groups attached to an aromatic ring is 1. The van der Waals surface area contributed by atoms with Crippen molar-refractivity contribution in [3.05, 3.63) is 42.1 Å². The van der Waals surface area contributed by atoms with E-state index in [9.17, 15) is 4.39 Å². The Morgan fingerprint density at radius 1 is 1.29 bits per heavy atom. The number of rotatable bonds is 3. The van der Waals surface area contributed by atoms with Crippen LogP contribution in [0.5, 0.6) is 5.88 Å². The van der Waals surface area contributed by atoms with Crippen LogP contribution in [0.15, 0.2) is 30.5 Å². The fourth-order valence-corrected chi connectivity index (χ4v) is 1.31. The van der Waals surface area contributed by atoms with Crippen LogP contribution in [-0.4, -0.2) is 15.0 Å². The zero-order valence-corrected chi connectivity index (χ0v) is 9.17. The molecular formula is C11H11FN4O. The van der Waals surface area contributed by atoms with Gasteiger partial charge in [0, 0.05) is 12.3 Å². The lowest BCUT2D eigenvalue weighted by Crippen LogP contribution is -2.08. The summed E-state index contributed by atoms with van der Waals surface area (Å²) in [5.41, 5.74) is 6.07. The van der Waals surface area contributed by atoms with Gasteiger partial charge in [-0.05, 0) is 19.1 Å². The van der Waals surface area contributed by atoms with Gasteiger partial charge in [0.25, 0.3) is 0 Å². The van der Waals surface area contributed by atoms with Crippen molar-refractivity contribution >= 4 is 5.95 Å². The maximum Gasteiger partial charge on any atom is 0.220 e. The van der Waals surface area contributed by atoms with Crippen LogP contribution in [0.25, 0.3) is 0 Å². The van der Waals surface area contributed by atoms with E-state index in [0.717, 1.165) is 0 Å². The van der Waals surface area contributed by atoms with Crippen LogP contribution in [0.4, 0.5) is 10.3 Å². The number of ether oxygens (including phenoxy) is 1. The average Bonchev–Trinajstić information content (AvgIpc) is 2.29. The maximum atomic E-state index is 12.8. The average molecular weight is 234 g/mol. The number of anilines is 1. The predicted molar refractivity (Wildman–Crippen MR) is 59.7 cm³/mol. The first-order valence-electron chi connectivity index (χ1n) is 5.03. The highest BCUT2D eigenvalue weighted by molar-refractivity contribution is 5.19. The second-order valence-corrected chi connectivity index (χ2v) is 3.40. The summed E-state index contributed by atoms with van der Waals surface area (Å²) in [7, 11) is 0. The molecule has 88 valence electrons. The third-order valence-electron chi connectivity index (χ3n) is 2.10. The fraction of sp³-hybridized carbons (Fsp3) is 0.182. The van der Waals surface area contributed by atoms with Crippen molar-refractivity contribution in [1.29, 1.82) is 0 Å². The first kappa shape index (κ1) is 11.3. The van der Waals surface area contributed by atoms with Gasteiger partial charge in [-0.1, -0.05) is 6.07 Å². The van der Waals surface area contributed by atoms with Gasteiger partial charge < -0.3 is 10.5 Å². The molecule has 0 aliphatic heterocycles. The third kappa shape index (κ3) is 2.87. The van der Waals surface area contributed by atoms with Crippen molar-refractivity contribution in [3.8, 4) is 5.88 Å². The van der Waals surface area contributed by atoms with E-state index in [2.05, 4.69) is 15.0 Å². The first-order valence-corrected chi connectivity index (χ1v) is 5.03. The van der Waals surface area contributed by atoms with Gasteiger partial charge in [-0.3, -0.25) is 0 Å².